The summed E-state index contributed by atoms with van der Waals surface area (Å²) in [6, 6.07) is 12.9. The first kappa shape index (κ1) is 17.9. The SMILES string of the molecule is CS(=O)(=O)N1CCCc2cc(C(=O)NC3CCOc4ccccc43)ccc21. The van der Waals surface area contributed by atoms with Crippen molar-refractivity contribution < 1.29 is 17.9 Å². The molecule has 1 N–H and O–H groups in total. The molecule has 6 nitrogen and oxygen atoms in total. The Labute approximate surface area is 159 Å². The van der Waals surface area contributed by atoms with Gasteiger partial charge in [0.1, 0.15) is 5.75 Å². The van der Waals surface area contributed by atoms with Gasteiger partial charge in [-0.3, -0.25) is 9.10 Å². The largest absolute Gasteiger partial charge is 0.493 e. The summed E-state index contributed by atoms with van der Waals surface area (Å²) in [5.41, 5.74) is 3.11. The van der Waals surface area contributed by atoms with Gasteiger partial charge in [0.15, 0.2) is 0 Å². The van der Waals surface area contributed by atoms with Crippen LogP contribution in [-0.4, -0.2) is 33.7 Å². The number of carbonyl (C=O) groups excluding carboxylic acids is 1. The maximum absolute atomic E-state index is 12.8. The van der Waals surface area contributed by atoms with E-state index < -0.39 is 10.0 Å². The second-order valence-electron chi connectivity index (χ2n) is 6.98. The third-order valence-electron chi connectivity index (χ3n) is 5.08. The van der Waals surface area contributed by atoms with E-state index >= 15 is 0 Å². The molecule has 2 aromatic carbocycles. The molecular weight excluding hydrogens is 364 g/mol. The molecule has 0 saturated carbocycles. The molecule has 0 radical (unpaired) electrons. The van der Waals surface area contributed by atoms with Crippen LogP contribution in [0.4, 0.5) is 5.69 Å². The van der Waals surface area contributed by atoms with Gasteiger partial charge >= 0.3 is 0 Å². The minimum absolute atomic E-state index is 0.0917. The number of ether oxygens (including phenoxy) is 1. The minimum Gasteiger partial charge on any atom is -0.493 e. The van der Waals surface area contributed by atoms with E-state index in [1.165, 1.54) is 10.6 Å². The van der Waals surface area contributed by atoms with Crippen LogP contribution in [0.15, 0.2) is 42.5 Å². The molecule has 27 heavy (non-hydrogen) atoms. The number of nitrogens with zero attached hydrogens (tertiary/aromatic N) is 1. The zero-order chi connectivity index (χ0) is 19.0. The number of nitrogens with one attached hydrogen (secondary N) is 1. The van der Waals surface area contributed by atoms with Crippen LogP contribution in [0.25, 0.3) is 0 Å². The first-order valence-corrected chi connectivity index (χ1v) is 10.9. The molecule has 0 saturated heterocycles. The summed E-state index contributed by atoms with van der Waals surface area (Å²) in [6.07, 6.45) is 3.45. The van der Waals surface area contributed by atoms with Crippen LogP contribution < -0.4 is 14.4 Å². The van der Waals surface area contributed by atoms with Gasteiger partial charge in [-0.1, -0.05) is 18.2 Å². The van der Waals surface area contributed by atoms with Crippen LogP contribution in [0, 0.1) is 0 Å². The summed E-state index contributed by atoms with van der Waals surface area (Å²) in [4.78, 5) is 12.8. The lowest BCUT2D eigenvalue weighted by Gasteiger charge is -2.30. The maximum Gasteiger partial charge on any atom is 0.251 e. The second-order valence-corrected chi connectivity index (χ2v) is 8.89. The molecule has 4 rings (SSSR count). The number of amides is 1. The van der Waals surface area contributed by atoms with Gasteiger partial charge in [0, 0.05) is 24.1 Å². The normalized spacial score (nSPS) is 18.9. The Morgan fingerprint density at radius 1 is 1.22 bits per heavy atom. The predicted molar refractivity (Wildman–Crippen MR) is 104 cm³/mol. The highest BCUT2D eigenvalue weighted by atomic mass is 32.2. The first-order chi connectivity index (χ1) is 12.9. The van der Waals surface area contributed by atoms with Crippen molar-refractivity contribution in [3.8, 4) is 5.75 Å². The topological polar surface area (TPSA) is 75.7 Å². The standard InChI is InChI=1S/C20H22N2O4S/c1-27(24,25)22-11-4-5-14-13-15(8-9-18(14)22)20(23)21-17-10-12-26-19-7-3-2-6-16(17)19/h2-3,6-9,13,17H,4-5,10-12H2,1H3,(H,21,23). The molecule has 1 amide bonds. The minimum atomic E-state index is -3.31. The van der Waals surface area contributed by atoms with Gasteiger partial charge in [-0.2, -0.15) is 0 Å². The molecule has 1 atom stereocenters. The fourth-order valence-corrected chi connectivity index (χ4v) is 4.78. The number of hydrogen-bond donors (Lipinski definition) is 1. The number of benzene rings is 2. The van der Waals surface area contributed by atoms with Gasteiger partial charge in [-0.15, -0.1) is 0 Å². The monoisotopic (exact) mass is 386 g/mol. The van der Waals surface area contributed by atoms with Crippen molar-refractivity contribution >= 4 is 21.6 Å². The number of rotatable bonds is 3. The number of carbonyl (C=O) groups is 1. The summed E-state index contributed by atoms with van der Waals surface area (Å²) < 4.78 is 31.0. The molecule has 2 aliphatic rings. The van der Waals surface area contributed by atoms with E-state index in [-0.39, 0.29) is 11.9 Å². The number of aryl methyl sites for hydroxylation is 1. The van der Waals surface area contributed by atoms with E-state index in [1.807, 2.05) is 30.3 Å². The molecule has 2 heterocycles. The van der Waals surface area contributed by atoms with Crippen LogP contribution in [-0.2, 0) is 16.4 Å². The highest BCUT2D eigenvalue weighted by Gasteiger charge is 2.26. The quantitative estimate of drug-likeness (QED) is 0.880. The number of hydrogen-bond acceptors (Lipinski definition) is 4. The van der Waals surface area contributed by atoms with E-state index in [1.54, 1.807) is 12.1 Å². The van der Waals surface area contributed by atoms with Gasteiger partial charge < -0.3 is 10.1 Å². The van der Waals surface area contributed by atoms with E-state index in [0.29, 0.717) is 24.4 Å². The van der Waals surface area contributed by atoms with Crippen molar-refractivity contribution in [3.63, 3.8) is 0 Å². The third kappa shape index (κ3) is 3.51. The summed E-state index contributed by atoms with van der Waals surface area (Å²) >= 11 is 0. The van der Waals surface area contributed by atoms with E-state index in [0.717, 1.165) is 36.1 Å². The zero-order valence-corrected chi connectivity index (χ0v) is 16.0. The smallest absolute Gasteiger partial charge is 0.251 e. The summed E-state index contributed by atoms with van der Waals surface area (Å²) in [5.74, 6) is 0.652. The fourth-order valence-electron chi connectivity index (χ4n) is 3.78. The Kier molecular flexibility index (Phi) is 4.55. The predicted octanol–water partition coefficient (Wildman–Crippen LogP) is 2.65. The fraction of sp³-hybridized carbons (Fsp3) is 0.350. The summed E-state index contributed by atoms with van der Waals surface area (Å²) in [5, 5.41) is 3.09. The van der Waals surface area contributed by atoms with Gasteiger partial charge in [-0.25, -0.2) is 8.42 Å². The lowest BCUT2D eigenvalue weighted by Crippen LogP contribution is -2.35. The molecule has 142 valence electrons. The number of fused-ring (bicyclic) bond motifs is 2. The highest BCUT2D eigenvalue weighted by Crippen LogP contribution is 2.33. The van der Waals surface area contributed by atoms with Crippen LogP contribution >= 0.6 is 0 Å². The van der Waals surface area contributed by atoms with Crippen LogP contribution in [0.3, 0.4) is 0 Å². The van der Waals surface area contributed by atoms with Crippen molar-refractivity contribution in [2.45, 2.75) is 25.3 Å². The molecule has 7 heteroatoms. The van der Waals surface area contributed by atoms with Crippen molar-refractivity contribution in [1.82, 2.24) is 5.32 Å². The number of para-hydroxylation sites is 1. The molecular formula is C20H22N2O4S. The molecule has 2 aromatic rings. The highest BCUT2D eigenvalue weighted by molar-refractivity contribution is 7.92. The van der Waals surface area contributed by atoms with Crippen molar-refractivity contribution in [2.24, 2.45) is 0 Å². The number of anilines is 1. The molecule has 2 aliphatic heterocycles. The first-order valence-electron chi connectivity index (χ1n) is 9.07. The third-order valence-corrected chi connectivity index (χ3v) is 6.26. The lowest BCUT2D eigenvalue weighted by atomic mass is 9.98. The molecule has 1 unspecified atom stereocenters. The maximum atomic E-state index is 12.8. The Morgan fingerprint density at radius 2 is 2.04 bits per heavy atom. The Morgan fingerprint density at radius 3 is 2.85 bits per heavy atom. The van der Waals surface area contributed by atoms with Crippen LogP contribution in [0.1, 0.15) is 40.4 Å². The average molecular weight is 386 g/mol. The Bertz CT molecular complexity index is 987. The molecule has 0 spiro atoms. The molecule has 0 bridgehead atoms. The van der Waals surface area contributed by atoms with Gasteiger partial charge in [0.05, 0.1) is 24.6 Å². The molecule has 0 aliphatic carbocycles. The van der Waals surface area contributed by atoms with Crippen molar-refractivity contribution in [1.29, 1.82) is 0 Å². The van der Waals surface area contributed by atoms with Crippen LogP contribution in [0.5, 0.6) is 5.75 Å². The molecule has 0 aromatic heterocycles. The van der Waals surface area contributed by atoms with Gasteiger partial charge in [0.2, 0.25) is 10.0 Å². The van der Waals surface area contributed by atoms with Gasteiger partial charge in [0.25, 0.3) is 5.91 Å². The summed E-state index contributed by atoms with van der Waals surface area (Å²) in [6.45, 7) is 1.05. The van der Waals surface area contributed by atoms with E-state index in [4.69, 9.17) is 4.74 Å². The van der Waals surface area contributed by atoms with Crippen LogP contribution in [0.2, 0.25) is 0 Å². The second kappa shape index (κ2) is 6.88. The Balaban J connectivity index is 1.57. The van der Waals surface area contributed by atoms with Gasteiger partial charge in [-0.05, 0) is 42.7 Å². The zero-order valence-electron chi connectivity index (χ0n) is 15.1. The van der Waals surface area contributed by atoms with Crippen molar-refractivity contribution in [3.05, 3.63) is 59.2 Å². The number of sulfonamides is 1. The average Bonchev–Trinajstić information content (AvgIpc) is 2.66. The van der Waals surface area contributed by atoms with E-state index in [9.17, 15) is 13.2 Å². The summed E-state index contributed by atoms with van der Waals surface area (Å²) in [7, 11) is -3.31. The van der Waals surface area contributed by atoms with Crippen molar-refractivity contribution in [2.75, 3.05) is 23.7 Å². The van der Waals surface area contributed by atoms with E-state index in [2.05, 4.69) is 5.32 Å². The molecule has 0 fully saturated rings. The lowest BCUT2D eigenvalue weighted by molar-refractivity contribution is 0.0924. The Hall–Kier alpha value is -2.54.